The number of likely N-dealkylation sites (tertiary alicyclic amines) is 1. The number of halogens is 3. The SMILES string of the molecule is O=C(NC1CC(=O)N(Cc2ccccc2C(F)(F)F)C1)C1CCC1. The second-order valence-corrected chi connectivity index (χ2v) is 6.47. The summed E-state index contributed by atoms with van der Waals surface area (Å²) in [7, 11) is 0. The molecular formula is C17H19F3N2O2. The van der Waals surface area contributed by atoms with Gasteiger partial charge in [-0.05, 0) is 24.5 Å². The molecular weight excluding hydrogens is 321 g/mol. The van der Waals surface area contributed by atoms with Crippen molar-refractivity contribution in [2.75, 3.05) is 6.54 Å². The molecule has 1 heterocycles. The predicted octanol–water partition coefficient (Wildman–Crippen LogP) is 2.72. The van der Waals surface area contributed by atoms with Gasteiger partial charge in [0.1, 0.15) is 0 Å². The summed E-state index contributed by atoms with van der Waals surface area (Å²) in [5.41, 5.74) is -0.649. The molecule has 1 atom stereocenters. The van der Waals surface area contributed by atoms with Crippen molar-refractivity contribution in [2.45, 2.75) is 44.4 Å². The van der Waals surface area contributed by atoms with Crippen LogP contribution in [0.3, 0.4) is 0 Å². The van der Waals surface area contributed by atoms with Crippen molar-refractivity contribution in [2.24, 2.45) is 5.92 Å². The zero-order valence-electron chi connectivity index (χ0n) is 13.1. The smallest absolute Gasteiger partial charge is 0.351 e. The van der Waals surface area contributed by atoms with Gasteiger partial charge in [0.25, 0.3) is 0 Å². The normalized spacial score (nSPS) is 21.7. The molecule has 1 saturated carbocycles. The lowest BCUT2D eigenvalue weighted by molar-refractivity contribution is -0.139. The molecule has 2 aliphatic rings. The second-order valence-electron chi connectivity index (χ2n) is 6.47. The molecule has 7 heteroatoms. The Labute approximate surface area is 138 Å². The summed E-state index contributed by atoms with van der Waals surface area (Å²) in [6.45, 7) is 0.161. The van der Waals surface area contributed by atoms with Crippen LogP contribution in [-0.4, -0.2) is 29.3 Å². The Balaban J connectivity index is 1.64. The van der Waals surface area contributed by atoms with Crippen LogP contribution in [0, 0.1) is 5.92 Å². The first-order valence-corrected chi connectivity index (χ1v) is 8.08. The van der Waals surface area contributed by atoms with Crippen molar-refractivity contribution in [3.05, 3.63) is 35.4 Å². The van der Waals surface area contributed by atoms with Crippen LogP contribution in [0.5, 0.6) is 0 Å². The Kier molecular flexibility index (Phi) is 4.51. The Morgan fingerprint density at radius 1 is 1.25 bits per heavy atom. The number of carbonyl (C=O) groups is 2. The van der Waals surface area contributed by atoms with Crippen LogP contribution in [0.15, 0.2) is 24.3 Å². The quantitative estimate of drug-likeness (QED) is 0.916. The summed E-state index contributed by atoms with van der Waals surface area (Å²) in [5.74, 6) is -0.248. The van der Waals surface area contributed by atoms with Crippen LogP contribution in [0.1, 0.15) is 36.8 Å². The van der Waals surface area contributed by atoms with E-state index in [1.54, 1.807) is 0 Å². The third kappa shape index (κ3) is 3.55. The standard InChI is InChI=1S/C17H19F3N2O2/c18-17(19,20)14-7-2-1-4-12(14)9-22-10-13(8-15(22)23)21-16(24)11-5-3-6-11/h1-2,4,7,11,13H,3,5-6,8-10H2,(H,21,24). The molecule has 3 rings (SSSR count). The molecule has 4 nitrogen and oxygen atoms in total. The van der Waals surface area contributed by atoms with Gasteiger partial charge in [0.05, 0.1) is 11.6 Å². The lowest BCUT2D eigenvalue weighted by Gasteiger charge is -2.26. The minimum atomic E-state index is -4.45. The van der Waals surface area contributed by atoms with Gasteiger partial charge in [0, 0.05) is 25.4 Å². The number of alkyl halides is 3. The molecule has 1 aliphatic carbocycles. The van der Waals surface area contributed by atoms with Crippen molar-refractivity contribution >= 4 is 11.8 Å². The number of amides is 2. The Morgan fingerprint density at radius 3 is 2.58 bits per heavy atom. The van der Waals surface area contributed by atoms with E-state index in [1.807, 2.05) is 0 Å². The zero-order valence-corrected chi connectivity index (χ0v) is 13.1. The summed E-state index contributed by atoms with van der Waals surface area (Å²) in [5, 5.41) is 2.85. The Bertz CT molecular complexity index is 641. The van der Waals surface area contributed by atoms with Crippen LogP contribution >= 0.6 is 0 Å². The molecule has 1 aromatic rings. The highest BCUT2D eigenvalue weighted by Crippen LogP contribution is 2.33. The Hall–Kier alpha value is -2.05. The van der Waals surface area contributed by atoms with Gasteiger partial charge >= 0.3 is 6.18 Å². The lowest BCUT2D eigenvalue weighted by Crippen LogP contribution is -2.42. The van der Waals surface area contributed by atoms with E-state index in [2.05, 4.69) is 5.32 Å². The van der Waals surface area contributed by atoms with E-state index in [0.29, 0.717) is 0 Å². The topological polar surface area (TPSA) is 49.4 Å². The minimum Gasteiger partial charge on any atom is -0.351 e. The molecule has 24 heavy (non-hydrogen) atoms. The fourth-order valence-electron chi connectivity index (χ4n) is 3.15. The molecule has 0 aromatic heterocycles. The molecule has 2 fully saturated rings. The molecule has 0 bridgehead atoms. The molecule has 2 amide bonds. The van der Waals surface area contributed by atoms with Gasteiger partial charge < -0.3 is 10.2 Å². The van der Waals surface area contributed by atoms with Crippen LogP contribution in [0.4, 0.5) is 13.2 Å². The average molecular weight is 340 g/mol. The second kappa shape index (κ2) is 6.45. The van der Waals surface area contributed by atoms with E-state index in [1.165, 1.54) is 23.1 Å². The van der Waals surface area contributed by atoms with E-state index in [4.69, 9.17) is 0 Å². The zero-order chi connectivity index (χ0) is 17.3. The number of nitrogens with one attached hydrogen (secondary N) is 1. The first kappa shape index (κ1) is 16.8. The predicted molar refractivity (Wildman–Crippen MR) is 80.7 cm³/mol. The van der Waals surface area contributed by atoms with Gasteiger partial charge in [-0.3, -0.25) is 9.59 Å². The molecule has 0 radical (unpaired) electrons. The average Bonchev–Trinajstić information content (AvgIpc) is 2.76. The third-order valence-corrected chi connectivity index (χ3v) is 4.72. The first-order valence-electron chi connectivity index (χ1n) is 8.08. The van der Waals surface area contributed by atoms with Gasteiger partial charge in [-0.1, -0.05) is 24.6 Å². The maximum atomic E-state index is 13.0. The van der Waals surface area contributed by atoms with Gasteiger partial charge in [-0.15, -0.1) is 0 Å². The van der Waals surface area contributed by atoms with Gasteiger partial charge in [-0.25, -0.2) is 0 Å². The van der Waals surface area contributed by atoms with Crippen LogP contribution in [0.25, 0.3) is 0 Å². The van der Waals surface area contributed by atoms with E-state index >= 15 is 0 Å². The highest BCUT2D eigenvalue weighted by Gasteiger charge is 2.36. The summed E-state index contributed by atoms with van der Waals surface area (Å²) >= 11 is 0. The highest BCUT2D eigenvalue weighted by atomic mass is 19.4. The van der Waals surface area contributed by atoms with Crippen molar-refractivity contribution in [3.63, 3.8) is 0 Å². The molecule has 1 aliphatic heterocycles. The van der Waals surface area contributed by atoms with Crippen molar-refractivity contribution in [1.82, 2.24) is 10.2 Å². The van der Waals surface area contributed by atoms with Crippen LogP contribution < -0.4 is 5.32 Å². The number of nitrogens with zero attached hydrogens (tertiary/aromatic N) is 1. The Morgan fingerprint density at radius 2 is 1.96 bits per heavy atom. The maximum absolute atomic E-state index is 13.0. The summed E-state index contributed by atoms with van der Waals surface area (Å²) in [4.78, 5) is 25.4. The maximum Gasteiger partial charge on any atom is 0.416 e. The fraction of sp³-hybridized carbons (Fsp3) is 0.529. The van der Waals surface area contributed by atoms with E-state index in [-0.39, 0.29) is 48.8 Å². The number of rotatable bonds is 4. The van der Waals surface area contributed by atoms with Crippen molar-refractivity contribution in [1.29, 1.82) is 0 Å². The number of hydrogen-bond acceptors (Lipinski definition) is 2. The molecule has 1 unspecified atom stereocenters. The number of hydrogen-bond donors (Lipinski definition) is 1. The first-order chi connectivity index (χ1) is 11.3. The van der Waals surface area contributed by atoms with Crippen LogP contribution in [0.2, 0.25) is 0 Å². The van der Waals surface area contributed by atoms with Crippen LogP contribution in [-0.2, 0) is 22.3 Å². The van der Waals surface area contributed by atoms with Gasteiger partial charge in [0.15, 0.2) is 0 Å². The molecule has 0 spiro atoms. The summed E-state index contributed by atoms with van der Waals surface area (Å²) < 4.78 is 39.1. The minimum absolute atomic E-state index is 0.0279. The molecule has 1 saturated heterocycles. The number of carbonyl (C=O) groups excluding carboxylic acids is 2. The van der Waals surface area contributed by atoms with Gasteiger partial charge in [-0.2, -0.15) is 13.2 Å². The summed E-state index contributed by atoms with van der Waals surface area (Å²) in [6.07, 6.45) is -1.52. The largest absolute Gasteiger partial charge is 0.416 e. The van der Waals surface area contributed by atoms with Gasteiger partial charge in [0.2, 0.25) is 11.8 Å². The van der Waals surface area contributed by atoms with E-state index < -0.39 is 11.7 Å². The summed E-state index contributed by atoms with van der Waals surface area (Å²) in [6, 6.07) is 4.95. The lowest BCUT2D eigenvalue weighted by atomic mass is 9.84. The molecule has 1 aromatic carbocycles. The molecule has 130 valence electrons. The van der Waals surface area contributed by atoms with E-state index in [0.717, 1.165) is 25.3 Å². The third-order valence-electron chi connectivity index (χ3n) is 4.72. The number of benzene rings is 1. The van der Waals surface area contributed by atoms with Crippen molar-refractivity contribution in [3.8, 4) is 0 Å². The monoisotopic (exact) mass is 340 g/mol. The fourth-order valence-corrected chi connectivity index (χ4v) is 3.15. The van der Waals surface area contributed by atoms with Crippen molar-refractivity contribution < 1.29 is 22.8 Å². The highest BCUT2D eigenvalue weighted by molar-refractivity contribution is 5.83. The van der Waals surface area contributed by atoms with E-state index in [9.17, 15) is 22.8 Å². The molecule has 1 N–H and O–H groups in total.